The lowest BCUT2D eigenvalue weighted by atomic mass is 10.0. The SMILES string of the molecule is Cc1cn([C@H]2CC(O)[C@@](C)(CO)O2)c(=O)n(C(=O)c2ccccc2)c1=O. The Bertz CT molecular complexity index is 948. The van der Waals surface area contributed by atoms with Gasteiger partial charge >= 0.3 is 5.69 Å². The fraction of sp³-hybridized carbons (Fsp3) is 0.389. The molecular formula is C18H20N2O6. The average molecular weight is 360 g/mol. The second-order valence-corrected chi connectivity index (χ2v) is 6.61. The van der Waals surface area contributed by atoms with E-state index in [9.17, 15) is 24.6 Å². The Hall–Kier alpha value is -2.55. The first-order chi connectivity index (χ1) is 12.3. The Labute approximate surface area is 148 Å². The Kier molecular flexibility index (Phi) is 4.66. The molecule has 1 saturated heterocycles. The Morgan fingerprint density at radius 3 is 2.54 bits per heavy atom. The van der Waals surface area contributed by atoms with Crippen molar-refractivity contribution in [2.45, 2.75) is 38.2 Å². The first-order valence-electron chi connectivity index (χ1n) is 8.20. The number of carbonyl (C=O) groups is 1. The smallest absolute Gasteiger partial charge is 0.340 e. The molecule has 0 aliphatic carbocycles. The number of aliphatic hydroxyl groups excluding tert-OH is 2. The van der Waals surface area contributed by atoms with Crippen LogP contribution < -0.4 is 11.2 Å². The number of hydrogen-bond donors (Lipinski definition) is 2. The number of ether oxygens (including phenoxy) is 1. The van der Waals surface area contributed by atoms with Crippen LogP contribution >= 0.6 is 0 Å². The molecule has 1 aliphatic heterocycles. The first-order valence-corrected chi connectivity index (χ1v) is 8.20. The molecule has 1 aromatic carbocycles. The lowest BCUT2D eigenvalue weighted by Crippen LogP contribution is -2.46. The summed E-state index contributed by atoms with van der Waals surface area (Å²) in [6.45, 7) is 2.59. The maximum atomic E-state index is 12.8. The minimum atomic E-state index is -1.22. The number of nitrogens with zero attached hydrogens (tertiary/aromatic N) is 2. The van der Waals surface area contributed by atoms with Crippen LogP contribution in [0.2, 0.25) is 0 Å². The molecule has 8 heteroatoms. The molecule has 2 aromatic rings. The highest BCUT2D eigenvalue weighted by Gasteiger charge is 2.45. The van der Waals surface area contributed by atoms with Gasteiger partial charge in [-0.1, -0.05) is 18.2 Å². The molecule has 138 valence electrons. The highest BCUT2D eigenvalue weighted by Crippen LogP contribution is 2.35. The van der Waals surface area contributed by atoms with Crippen molar-refractivity contribution in [2.75, 3.05) is 6.61 Å². The van der Waals surface area contributed by atoms with Crippen LogP contribution in [0.4, 0.5) is 0 Å². The number of aryl methyl sites for hydroxylation is 1. The summed E-state index contributed by atoms with van der Waals surface area (Å²) >= 11 is 0. The van der Waals surface area contributed by atoms with Crippen LogP contribution in [0.15, 0.2) is 46.1 Å². The van der Waals surface area contributed by atoms with Crippen LogP contribution in [0.1, 0.15) is 35.5 Å². The van der Waals surface area contributed by atoms with E-state index in [2.05, 4.69) is 0 Å². The standard InChI is InChI=1S/C18H20N2O6/c1-11-9-19(14-8-13(22)18(2,10-21)26-14)17(25)20(15(11)23)16(24)12-6-4-3-5-7-12/h3-7,9,13-14,21-22H,8,10H2,1-2H3/t13?,14-,18-/m1/s1. The number of hydrogen-bond acceptors (Lipinski definition) is 6. The molecule has 26 heavy (non-hydrogen) atoms. The van der Waals surface area contributed by atoms with Gasteiger partial charge in [-0.15, -0.1) is 0 Å². The predicted molar refractivity (Wildman–Crippen MR) is 92.1 cm³/mol. The van der Waals surface area contributed by atoms with Gasteiger partial charge in [0.1, 0.15) is 11.8 Å². The molecular weight excluding hydrogens is 340 g/mol. The fourth-order valence-corrected chi connectivity index (χ4v) is 2.98. The maximum absolute atomic E-state index is 12.8. The first kappa shape index (κ1) is 18.2. The molecule has 1 unspecified atom stereocenters. The van der Waals surface area contributed by atoms with Crippen molar-refractivity contribution in [3.63, 3.8) is 0 Å². The quantitative estimate of drug-likeness (QED) is 0.799. The van der Waals surface area contributed by atoms with Gasteiger partial charge in [0, 0.05) is 23.7 Å². The molecule has 2 N–H and O–H groups in total. The van der Waals surface area contributed by atoms with E-state index in [-0.39, 0.29) is 17.5 Å². The van der Waals surface area contributed by atoms with Crippen LogP contribution in [0.3, 0.4) is 0 Å². The molecule has 3 atom stereocenters. The largest absolute Gasteiger partial charge is 0.393 e. The van der Waals surface area contributed by atoms with Crippen molar-refractivity contribution in [3.8, 4) is 0 Å². The molecule has 8 nitrogen and oxygen atoms in total. The number of carbonyl (C=O) groups excluding carboxylic acids is 1. The Morgan fingerprint density at radius 1 is 1.31 bits per heavy atom. The van der Waals surface area contributed by atoms with Gasteiger partial charge in [-0.25, -0.2) is 4.79 Å². The van der Waals surface area contributed by atoms with E-state index in [1.54, 1.807) is 18.2 Å². The minimum absolute atomic E-state index is 0.0497. The third-order valence-electron chi connectivity index (χ3n) is 4.67. The van der Waals surface area contributed by atoms with Gasteiger partial charge in [0.05, 0.1) is 12.7 Å². The molecule has 0 radical (unpaired) electrons. The van der Waals surface area contributed by atoms with Crippen LogP contribution in [0.5, 0.6) is 0 Å². The van der Waals surface area contributed by atoms with E-state index in [0.29, 0.717) is 4.57 Å². The van der Waals surface area contributed by atoms with Crippen molar-refractivity contribution in [1.82, 2.24) is 9.13 Å². The second kappa shape index (κ2) is 6.64. The van der Waals surface area contributed by atoms with E-state index < -0.39 is 41.7 Å². The Morgan fingerprint density at radius 2 is 1.96 bits per heavy atom. The van der Waals surface area contributed by atoms with E-state index in [1.807, 2.05) is 0 Å². The molecule has 1 aromatic heterocycles. The van der Waals surface area contributed by atoms with Crippen LogP contribution in [0.25, 0.3) is 0 Å². The van der Waals surface area contributed by atoms with Crippen LogP contribution in [0, 0.1) is 6.92 Å². The van der Waals surface area contributed by atoms with Gasteiger partial charge in [-0.2, -0.15) is 4.57 Å². The van der Waals surface area contributed by atoms with Crippen molar-refractivity contribution in [1.29, 1.82) is 0 Å². The van der Waals surface area contributed by atoms with Gasteiger partial charge in [0.15, 0.2) is 0 Å². The van der Waals surface area contributed by atoms with E-state index in [0.717, 1.165) is 4.57 Å². The monoisotopic (exact) mass is 360 g/mol. The zero-order valence-corrected chi connectivity index (χ0v) is 14.5. The molecule has 1 fully saturated rings. The molecule has 3 rings (SSSR count). The second-order valence-electron chi connectivity index (χ2n) is 6.61. The topological polar surface area (TPSA) is 111 Å². The summed E-state index contributed by atoms with van der Waals surface area (Å²) in [6, 6.07) is 8.02. The van der Waals surface area contributed by atoms with Crippen molar-refractivity contribution < 1.29 is 19.7 Å². The van der Waals surface area contributed by atoms with Gasteiger partial charge < -0.3 is 14.9 Å². The van der Waals surface area contributed by atoms with Crippen molar-refractivity contribution in [2.24, 2.45) is 0 Å². The molecule has 0 amide bonds. The summed E-state index contributed by atoms with van der Waals surface area (Å²) in [7, 11) is 0. The van der Waals surface area contributed by atoms with Gasteiger partial charge in [0.2, 0.25) is 0 Å². The summed E-state index contributed by atoms with van der Waals surface area (Å²) in [5.74, 6) is -0.735. The molecule has 1 aliphatic rings. The summed E-state index contributed by atoms with van der Waals surface area (Å²) in [5.41, 5.74) is -2.39. The zero-order chi connectivity index (χ0) is 19.1. The maximum Gasteiger partial charge on any atom is 0.340 e. The predicted octanol–water partition coefficient (Wildman–Crippen LogP) is 0.0377. The number of rotatable bonds is 3. The van der Waals surface area contributed by atoms with Crippen LogP contribution in [-0.2, 0) is 4.74 Å². The number of benzene rings is 1. The minimum Gasteiger partial charge on any atom is -0.393 e. The summed E-state index contributed by atoms with van der Waals surface area (Å²) < 4.78 is 7.33. The van der Waals surface area contributed by atoms with Crippen molar-refractivity contribution >= 4 is 5.91 Å². The highest BCUT2D eigenvalue weighted by atomic mass is 16.6. The van der Waals surface area contributed by atoms with E-state index >= 15 is 0 Å². The molecule has 0 saturated carbocycles. The highest BCUT2D eigenvalue weighted by molar-refractivity contribution is 5.95. The van der Waals surface area contributed by atoms with Crippen molar-refractivity contribution in [3.05, 3.63) is 68.5 Å². The normalized spacial score (nSPS) is 25.4. The number of aliphatic hydroxyl groups is 2. The lowest BCUT2D eigenvalue weighted by molar-refractivity contribution is -0.117. The average Bonchev–Trinajstić information content (AvgIpc) is 2.94. The Balaban J connectivity index is 2.11. The zero-order valence-electron chi connectivity index (χ0n) is 14.5. The van der Waals surface area contributed by atoms with Crippen LogP contribution in [-0.4, -0.2) is 43.6 Å². The summed E-state index contributed by atoms with van der Waals surface area (Å²) in [6.07, 6.45) is -0.535. The summed E-state index contributed by atoms with van der Waals surface area (Å²) in [5, 5.41) is 19.6. The van der Waals surface area contributed by atoms with E-state index in [4.69, 9.17) is 4.74 Å². The van der Waals surface area contributed by atoms with E-state index in [1.165, 1.54) is 32.2 Å². The fourth-order valence-electron chi connectivity index (χ4n) is 2.98. The van der Waals surface area contributed by atoms with Gasteiger partial charge in [0.25, 0.3) is 11.5 Å². The van der Waals surface area contributed by atoms with Gasteiger partial charge in [-0.3, -0.25) is 14.2 Å². The molecule has 0 spiro atoms. The lowest BCUT2D eigenvalue weighted by Gasteiger charge is -2.25. The van der Waals surface area contributed by atoms with Gasteiger partial charge in [-0.05, 0) is 26.0 Å². The molecule has 0 bridgehead atoms. The summed E-state index contributed by atoms with van der Waals surface area (Å²) in [4.78, 5) is 37.9. The third kappa shape index (κ3) is 2.92. The number of aromatic nitrogens is 2. The third-order valence-corrected chi connectivity index (χ3v) is 4.67. The molecule has 2 heterocycles.